The molecule has 1 aliphatic carbocycles. The lowest BCUT2D eigenvalue weighted by atomic mass is 9.86. The van der Waals surface area contributed by atoms with Gasteiger partial charge in [-0.1, -0.05) is 12.1 Å². The van der Waals surface area contributed by atoms with Gasteiger partial charge in [0.1, 0.15) is 5.75 Å². The van der Waals surface area contributed by atoms with Crippen LogP contribution in [0.2, 0.25) is 0 Å². The van der Waals surface area contributed by atoms with E-state index in [1.807, 2.05) is 6.07 Å². The van der Waals surface area contributed by atoms with Gasteiger partial charge < -0.3 is 15.3 Å². The number of hydrogen-bond donors (Lipinski definition) is 3. The van der Waals surface area contributed by atoms with E-state index in [2.05, 4.69) is 0 Å². The lowest BCUT2D eigenvalue weighted by molar-refractivity contribution is -0.147. The molecule has 0 aromatic heterocycles. The Kier molecular flexibility index (Phi) is 5.76. The Morgan fingerprint density at radius 2 is 1.80 bits per heavy atom. The number of aliphatic carboxylic acids is 2. The maximum Gasteiger partial charge on any atom is 0.309 e. The maximum atomic E-state index is 11.3. The van der Waals surface area contributed by atoms with Crippen LogP contribution in [0.25, 0.3) is 0 Å². The summed E-state index contributed by atoms with van der Waals surface area (Å²) < 4.78 is 0. The van der Waals surface area contributed by atoms with Crippen molar-refractivity contribution in [2.45, 2.75) is 65.2 Å². The Balaban J connectivity index is 1.94. The number of phenolic OH excluding ortho intramolecular Hbond substituents is 1. The molecule has 2 rings (SSSR count). The van der Waals surface area contributed by atoms with Gasteiger partial charge in [0.2, 0.25) is 0 Å². The van der Waals surface area contributed by atoms with Gasteiger partial charge in [-0.25, -0.2) is 0 Å². The van der Waals surface area contributed by atoms with Crippen LogP contribution in [0.4, 0.5) is 0 Å². The smallest absolute Gasteiger partial charge is 0.309 e. The third-order valence-electron chi connectivity index (χ3n) is 5.46. The van der Waals surface area contributed by atoms with Gasteiger partial charge in [-0.15, -0.1) is 0 Å². The molecule has 0 amide bonds. The molecule has 0 saturated heterocycles. The molecule has 1 aromatic carbocycles. The largest absolute Gasteiger partial charge is 0.508 e. The zero-order chi connectivity index (χ0) is 18.7. The first-order chi connectivity index (χ1) is 11.7. The Labute approximate surface area is 148 Å². The standard InChI is InChI=1S/C20H28O5/c1-19(2,17(22)23)10-4-7-14-6-3-9-16(21)15(14)8-5-11-20(12-13-20)18(24)25/h3,6,9,21H,4-5,7-8,10-13H2,1-2H3,(H,22,23)(H,24,25). The molecule has 3 N–H and O–H groups in total. The SMILES string of the molecule is CC(C)(CCCc1cccc(O)c1CCCC1(C(=O)O)CC1)C(=O)O. The minimum atomic E-state index is -0.799. The molecule has 0 spiro atoms. The molecular weight excluding hydrogens is 320 g/mol. The van der Waals surface area contributed by atoms with E-state index in [4.69, 9.17) is 0 Å². The molecule has 0 radical (unpaired) electrons. The predicted molar refractivity (Wildman–Crippen MR) is 94.7 cm³/mol. The highest BCUT2D eigenvalue weighted by Crippen LogP contribution is 2.50. The van der Waals surface area contributed by atoms with E-state index in [-0.39, 0.29) is 5.75 Å². The summed E-state index contributed by atoms with van der Waals surface area (Å²) in [6.45, 7) is 3.44. The number of carboxylic acid groups (broad SMARTS) is 2. The van der Waals surface area contributed by atoms with Crippen molar-refractivity contribution in [3.8, 4) is 5.75 Å². The highest BCUT2D eigenvalue weighted by Gasteiger charge is 2.49. The number of carboxylic acids is 2. The van der Waals surface area contributed by atoms with E-state index in [0.717, 1.165) is 36.8 Å². The van der Waals surface area contributed by atoms with E-state index in [9.17, 15) is 24.9 Å². The number of hydrogen-bond acceptors (Lipinski definition) is 3. The minimum Gasteiger partial charge on any atom is -0.508 e. The molecule has 138 valence electrons. The fraction of sp³-hybridized carbons (Fsp3) is 0.600. The third kappa shape index (κ3) is 4.74. The molecule has 5 nitrogen and oxygen atoms in total. The highest BCUT2D eigenvalue weighted by molar-refractivity contribution is 5.77. The number of benzene rings is 1. The van der Waals surface area contributed by atoms with Gasteiger partial charge in [-0.2, -0.15) is 0 Å². The molecule has 1 aromatic rings. The van der Waals surface area contributed by atoms with Crippen molar-refractivity contribution in [2.75, 3.05) is 0 Å². The quantitative estimate of drug-likeness (QED) is 0.594. The average Bonchev–Trinajstić information content (AvgIpc) is 3.31. The number of rotatable bonds is 10. The first kappa shape index (κ1) is 19.3. The van der Waals surface area contributed by atoms with Crippen LogP contribution in [-0.4, -0.2) is 27.3 Å². The molecule has 0 heterocycles. The second kappa shape index (κ2) is 7.46. The molecule has 25 heavy (non-hydrogen) atoms. The van der Waals surface area contributed by atoms with Gasteiger partial charge >= 0.3 is 11.9 Å². The van der Waals surface area contributed by atoms with E-state index in [1.54, 1.807) is 26.0 Å². The number of carbonyl (C=O) groups is 2. The monoisotopic (exact) mass is 348 g/mol. The third-order valence-corrected chi connectivity index (χ3v) is 5.46. The average molecular weight is 348 g/mol. The van der Waals surface area contributed by atoms with Crippen LogP contribution < -0.4 is 0 Å². The first-order valence-electron chi connectivity index (χ1n) is 8.94. The van der Waals surface area contributed by atoms with Crippen molar-refractivity contribution in [1.82, 2.24) is 0 Å². The molecule has 1 aliphatic rings. The molecule has 0 bridgehead atoms. The van der Waals surface area contributed by atoms with Crippen molar-refractivity contribution in [1.29, 1.82) is 0 Å². The Morgan fingerprint density at radius 3 is 2.36 bits per heavy atom. The van der Waals surface area contributed by atoms with Crippen molar-refractivity contribution >= 4 is 11.9 Å². The van der Waals surface area contributed by atoms with Crippen LogP contribution in [0.1, 0.15) is 63.5 Å². The van der Waals surface area contributed by atoms with Crippen LogP contribution in [-0.2, 0) is 22.4 Å². The number of aromatic hydroxyl groups is 1. The van der Waals surface area contributed by atoms with Crippen LogP contribution in [0.15, 0.2) is 18.2 Å². The highest BCUT2D eigenvalue weighted by atomic mass is 16.4. The number of aryl methyl sites for hydroxylation is 1. The van der Waals surface area contributed by atoms with Gasteiger partial charge in [-0.3, -0.25) is 9.59 Å². The molecular formula is C20H28O5. The summed E-state index contributed by atoms with van der Waals surface area (Å²) in [5, 5.41) is 28.6. The van der Waals surface area contributed by atoms with Crippen LogP contribution >= 0.6 is 0 Å². The van der Waals surface area contributed by atoms with Gasteiger partial charge in [0, 0.05) is 0 Å². The summed E-state index contributed by atoms with van der Waals surface area (Å²) >= 11 is 0. The second-order valence-electron chi connectivity index (χ2n) is 7.90. The van der Waals surface area contributed by atoms with Crippen molar-refractivity contribution < 1.29 is 24.9 Å². The van der Waals surface area contributed by atoms with E-state index in [1.165, 1.54) is 0 Å². The summed E-state index contributed by atoms with van der Waals surface area (Å²) in [6, 6.07) is 5.42. The lowest BCUT2D eigenvalue weighted by Crippen LogP contribution is -2.23. The molecule has 1 saturated carbocycles. The zero-order valence-corrected chi connectivity index (χ0v) is 15.0. The number of phenols is 1. The van der Waals surface area contributed by atoms with Gasteiger partial charge in [0.25, 0.3) is 0 Å². The van der Waals surface area contributed by atoms with Gasteiger partial charge in [-0.05, 0) is 82.4 Å². The fourth-order valence-corrected chi connectivity index (χ4v) is 3.30. The molecule has 0 aliphatic heterocycles. The summed E-state index contributed by atoms with van der Waals surface area (Å²) in [4.78, 5) is 22.4. The van der Waals surface area contributed by atoms with E-state index >= 15 is 0 Å². The summed E-state index contributed by atoms with van der Waals surface area (Å²) in [6.07, 6.45) is 5.54. The normalized spacial score (nSPS) is 15.8. The van der Waals surface area contributed by atoms with Gasteiger partial charge in [0.15, 0.2) is 0 Å². The van der Waals surface area contributed by atoms with Crippen LogP contribution in [0.3, 0.4) is 0 Å². The molecule has 0 atom stereocenters. The molecule has 1 fully saturated rings. The topological polar surface area (TPSA) is 94.8 Å². The second-order valence-corrected chi connectivity index (χ2v) is 7.90. The van der Waals surface area contributed by atoms with Gasteiger partial charge in [0.05, 0.1) is 10.8 Å². The van der Waals surface area contributed by atoms with Crippen molar-refractivity contribution in [3.63, 3.8) is 0 Å². The Bertz CT molecular complexity index is 643. The van der Waals surface area contributed by atoms with Crippen LogP contribution in [0.5, 0.6) is 5.75 Å². The minimum absolute atomic E-state index is 0.246. The summed E-state index contributed by atoms with van der Waals surface area (Å²) in [5.74, 6) is -1.26. The summed E-state index contributed by atoms with van der Waals surface area (Å²) in [5.41, 5.74) is 0.616. The maximum absolute atomic E-state index is 11.3. The zero-order valence-electron chi connectivity index (χ0n) is 15.0. The predicted octanol–water partition coefficient (Wildman–Crippen LogP) is 4.01. The Hall–Kier alpha value is -2.04. The Morgan fingerprint density at radius 1 is 1.12 bits per heavy atom. The fourth-order valence-electron chi connectivity index (χ4n) is 3.30. The molecule has 0 unspecified atom stereocenters. The van der Waals surface area contributed by atoms with Crippen molar-refractivity contribution in [2.24, 2.45) is 10.8 Å². The first-order valence-corrected chi connectivity index (χ1v) is 8.94. The van der Waals surface area contributed by atoms with E-state index < -0.39 is 22.8 Å². The van der Waals surface area contributed by atoms with Crippen LogP contribution in [0, 0.1) is 10.8 Å². The lowest BCUT2D eigenvalue weighted by Gasteiger charge is -2.19. The van der Waals surface area contributed by atoms with Crippen molar-refractivity contribution in [3.05, 3.63) is 29.3 Å². The molecule has 5 heteroatoms. The van der Waals surface area contributed by atoms with E-state index in [0.29, 0.717) is 25.7 Å². The summed E-state index contributed by atoms with van der Waals surface area (Å²) in [7, 11) is 0.